The number of anilines is 2. The lowest BCUT2D eigenvalue weighted by Crippen LogP contribution is -2.38. The average Bonchev–Trinajstić information content (AvgIpc) is 2.60. The van der Waals surface area contributed by atoms with Gasteiger partial charge >= 0.3 is 0 Å². The van der Waals surface area contributed by atoms with Crippen LogP contribution >= 0.6 is 23.4 Å². The summed E-state index contributed by atoms with van der Waals surface area (Å²) in [6.45, 7) is 2.59. The van der Waals surface area contributed by atoms with Gasteiger partial charge < -0.3 is 15.4 Å². The molecule has 0 bridgehead atoms. The largest absolute Gasteiger partial charge is 0.376 e. The van der Waals surface area contributed by atoms with Crippen LogP contribution < -0.4 is 10.6 Å². The summed E-state index contributed by atoms with van der Waals surface area (Å²) in [7, 11) is 0. The smallest absolute Gasteiger partial charge is 0.189 e. The molecule has 1 aromatic carbocycles. The van der Waals surface area contributed by atoms with E-state index in [1.165, 1.54) is 12.1 Å². The van der Waals surface area contributed by atoms with Crippen LogP contribution in [0.4, 0.5) is 15.9 Å². The molecule has 5 nitrogen and oxygen atoms in total. The Kier molecular flexibility index (Phi) is 6.25. The van der Waals surface area contributed by atoms with Crippen molar-refractivity contribution >= 4 is 34.9 Å². The summed E-state index contributed by atoms with van der Waals surface area (Å²) in [6.07, 6.45) is 2.90. The number of halogens is 2. The van der Waals surface area contributed by atoms with E-state index < -0.39 is 5.82 Å². The van der Waals surface area contributed by atoms with Gasteiger partial charge in [0.1, 0.15) is 11.6 Å². The molecule has 0 aliphatic carbocycles. The van der Waals surface area contributed by atoms with Crippen LogP contribution in [0.5, 0.6) is 0 Å². The number of thioether (sulfide) groups is 1. The third kappa shape index (κ3) is 5.04. The van der Waals surface area contributed by atoms with Crippen molar-refractivity contribution in [3.63, 3.8) is 0 Å². The molecule has 2 N–H and O–H groups in total. The molecule has 1 saturated heterocycles. The van der Waals surface area contributed by atoms with Crippen molar-refractivity contribution in [1.29, 1.82) is 0 Å². The first kappa shape index (κ1) is 17.4. The highest BCUT2D eigenvalue weighted by Crippen LogP contribution is 2.23. The summed E-state index contributed by atoms with van der Waals surface area (Å²) in [4.78, 5) is 8.71. The van der Waals surface area contributed by atoms with Crippen molar-refractivity contribution in [2.24, 2.45) is 0 Å². The van der Waals surface area contributed by atoms with E-state index in [-0.39, 0.29) is 11.1 Å². The fourth-order valence-corrected chi connectivity index (χ4v) is 3.33. The number of aromatic nitrogens is 2. The van der Waals surface area contributed by atoms with E-state index in [2.05, 4.69) is 20.6 Å². The summed E-state index contributed by atoms with van der Waals surface area (Å²) < 4.78 is 18.9. The molecule has 24 heavy (non-hydrogen) atoms. The summed E-state index contributed by atoms with van der Waals surface area (Å²) in [5, 5.41) is 7.18. The standard InChI is InChI=1S/C16H18ClFN4OS/c17-13-9-11(1-2-14(13)18)21-15-3-5-20-16(22-15)24-8-4-12-10-19-6-7-23-12/h1-3,5,9,12,19H,4,6-8,10H2,(H,20,21,22). The molecule has 1 fully saturated rings. The number of nitrogens with zero attached hydrogens (tertiary/aromatic N) is 2. The molecule has 2 aromatic rings. The second-order valence-electron chi connectivity index (χ2n) is 5.31. The van der Waals surface area contributed by atoms with Crippen molar-refractivity contribution in [2.45, 2.75) is 17.7 Å². The number of benzene rings is 1. The van der Waals surface area contributed by atoms with E-state index in [1.54, 1.807) is 30.1 Å². The van der Waals surface area contributed by atoms with E-state index in [0.717, 1.165) is 31.9 Å². The molecular weight excluding hydrogens is 351 g/mol. The Bertz CT molecular complexity index is 685. The van der Waals surface area contributed by atoms with Gasteiger partial charge in [-0.25, -0.2) is 14.4 Å². The zero-order valence-corrected chi connectivity index (χ0v) is 14.5. The summed E-state index contributed by atoms with van der Waals surface area (Å²) in [6, 6.07) is 6.22. The van der Waals surface area contributed by atoms with Crippen molar-refractivity contribution in [2.75, 3.05) is 30.8 Å². The molecule has 3 rings (SSSR count). The predicted octanol–water partition coefficient (Wildman–Crippen LogP) is 3.48. The summed E-state index contributed by atoms with van der Waals surface area (Å²) in [5.74, 6) is 1.09. The first-order valence-electron chi connectivity index (χ1n) is 7.71. The van der Waals surface area contributed by atoms with Crippen LogP contribution in [0.15, 0.2) is 35.6 Å². The highest BCUT2D eigenvalue weighted by Gasteiger charge is 2.13. The molecule has 1 unspecified atom stereocenters. The zero-order valence-electron chi connectivity index (χ0n) is 13.0. The minimum absolute atomic E-state index is 0.0738. The van der Waals surface area contributed by atoms with Crippen molar-refractivity contribution in [3.05, 3.63) is 41.3 Å². The number of rotatable bonds is 6. The van der Waals surface area contributed by atoms with Crippen LogP contribution in [0.25, 0.3) is 0 Å². The molecule has 1 aliphatic heterocycles. The molecule has 1 atom stereocenters. The van der Waals surface area contributed by atoms with Gasteiger partial charge in [-0.05, 0) is 30.7 Å². The maximum atomic E-state index is 13.2. The van der Waals surface area contributed by atoms with Crippen LogP contribution in [0, 0.1) is 5.82 Å². The Morgan fingerprint density at radius 1 is 1.42 bits per heavy atom. The number of morpholine rings is 1. The van der Waals surface area contributed by atoms with E-state index in [4.69, 9.17) is 16.3 Å². The molecule has 8 heteroatoms. The second kappa shape index (κ2) is 8.62. The highest BCUT2D eigenvalue weighted by atomic mass is 35.5. The van der Waals surface area contributed by atoms with Gasteiger partial charge in [0.05, 0.1) is 17.7 Å². The summed E-state index contributed by atoms with van der Waals surface area (Å²) >= 11 is 7.37. The van der Waals surface area contributed by atoms with Gasteiger partial charge in [-0.3, -0.25) is 0 Å². The normalized spacial score (nSPS) is 17.7. The Morgan fingerprint density at radius 2 is 2.33 bits per heavy atom. The first-order valence-corrected chi connectivity index (χ1v) is 9.07. The maximum Gasteiger partial charge on any atom is 0.189 e. The van der Waals surface area contributed by atoms with Gasteiger partial charge in [0.15, 0.2) is 5.16 Å². The fraction of sp³-hybridized carbons (Fsp3) is 0.375. The van der Waals surface area contributed by atoms with Crippen molar-refractivity contribution in [3.8, 4) is 0 Å². The monoisotopic (exact) mass is 368 g/mol. The minimum atomic E-state index is -0.444. The van der Waals surface area contributed by atoms with Crippen LogP contribution in [-0.2, 0) is 4.74 Å². The van der Waals surface area contributed by atoms with Gasteiger partial charge in [-0.2, -0.15) is 0 Å². The average molecular weight is 369 g/mol. The van der Waals surface area contributed by atoms with Crippen LogP contribution in [0.3, 0.4) is 0 Å². The van der Waals surface area contributed by atoms with Gasteiger partial charge in [-0.15, -0.1) is 0 Å². The topological polar surface area (TPSA) is 59.1 Å². The molecule has 0 amide bonds. The van der Waals surface area contributed by atoms with Crippen molar-refractivity contribution in [1.82, 2.24) is 15.3 Å². The van der Waals surface area contributed by atoms with E-state index in [1.807, 2.05) is 0 Å². The third-order valence-electron chi connectivity index (χ3n) is 3.50. The molecule has 2 heterocycles. The predicted molar refractivity (Wildman–Crippen MR) is 94.7 cm³/mol. The molecule has 1 aromatic heterocycles. The molecule has 0 saturated carbocycles. The quantitative estimate of drug-likeness (QED) is 0.601. The lowest BCUT2D eigenvalue weighted by atomic mass is 10.2. The number of hydrogen-bond acceptors (Lipinski definition) is 6. The second-order valence-corrected chi connectivity index (χ2v) is 6.78. The Balaban J connectivity index is 1.54. The van der Waals surface area contributed by atoms with E-state index in [9.17, 15) is 4.39 Å². The Hall–Kier alpha value is -1.41. The third-order valence-corrected chi connectivity index (χ3v) is 4.69. The molecular formula is C16H18ClFN4OS. The Labute approximate surface area is 149 Å². The molecule has 1 aliphatic rings. The van der Waals surface area contributed by atoms with E-state index in [0.29, 0.717) is 16.7 Å². The molecule has 128 valence electrons. The maximum absolute atomic E-state index is 13.2. The molecule has 0 spiro atoms. The lowest BCUT2D eigenvalue weighted by Gasteiger charge is -2.23. The lowest BCUT2D eigenvalue weighted by molar-refractivity contribution is 0.0274. The molecule has 0 radical (unpaired) electrons. The van der Waals surface area contributed by atoms with Crippen molar-refractivity contribution < 1.29 is 9.13 Å². The van der Waals surface area contributed by atoms with Gasteiger partial charge in [0.2, 0.25) is 0 Å². The SMILES string of the molecule is Fc1ccc(Nc2ccnc(SCCC3CNCCO3)n2)cc1Cl. The van der Waals surface area contributed by atoms with Crippen LogP contribution in [-0.4, -0.2) is 41.5 Å². The highest BCUT2D eigenvalue weighted by molar-refractivity contribution is 7.99. The van der Waals surface area contributed by atoms with Gasteiger partial charge in [0, 0.05) is 30.7 Å². The van der Waals surface area contributed by atoms with Crippen LogP contribution in [0.2, 0.25) is 5.02 Å². The Morgan fingerprint density at radius 3 is 3.12 bits per heavy atom. The summed E-state index contributed by atoms with van der Waals surface area (Å²) in [5.41, 5.74) is 0.678. The number of nitrogens with one attached hydrogen (secondary N) is 2. The van der Waals surface area contributed by atoms with Gasteiger partial charge in [0.25, 0.3) is 0 Å². The first-order chi connectivity index (χ1) is 11.7. The fourth-order valence-electron chi connectivity index (χ4n) is 2.29. The zero-order chi connectivity index (χ0) is 16.8. The number of hydrogen-bond donors (Lipinski definition) is 2. The van der Waals surface area contributed by atoms with E-state index >= 15 is 0 Å². The number of ether oxygens (including phenoxy) is 1. The van der Waals surface area contributed by atoms with Gasteiger partial charge in [-0.1, -0.05) is 23.4 Å². The van der Waals surface area contributed by atoms with Crippen LogP contribution in [0.1, 0.15) is 6.42 Å². The minimum Gasteiger partial charge on any atom is -0.376 e.